The van der Waals surface area contributed by atoms with E-state index in [4.69, 9.17) is 4.74 Å². The van der Waals surface area contributed by atoms with E-state index in [-0.39, 0.29) is 24.0 Å². The van der Waals surface area contributed by atoms with Crippen LogP contribution in [0.25, 0.3) is 10.8 Å². The van der Waals surface area contributed by atoms with Gasteiger partial charge in [0.25, 0.3) is 5.91 Å². The fourth-order valence-corrected chi connectivity index (χ4v) is 3.92. The molecule has 0 aliphatic rings. The molecule has 0 aliphatic carbocycles. The molecule has 1 N–H and O–H groups in total. The van der Waals surface area contributed by atoms with Crippen LogP contribution in [0.2, 0.25) is 0 Å². The molecule has 5 heteroatoms. The van der Waals surface area contributed by atoms with Gasteiger partial charge in [-0.25, -0.2) is 0 Å². The Balaban J connectivity index is 1.85. The van der Waals surface area contributed by atoms with Crippen LogP contribution in [-0.4, -0.2) is 34.9 Å². The molecular weight excluding hydrogens is 412 g/mol. The van der Waals surface area contributed by atoms with Gasteiger partial charge in [-0.15, -0.1) is 0 Å². The van der Waals surface area contributed by atoms with Crippen molar-refractivity contribution in [2.45, 2.75) is 59.2 Å². The lowest BCUT2D eigenvalue weighted by atomic mass is 10.1. The number of ether oxygens (including phenoxy) is 1. The first-order valence-electron chi connectivity index (χ1n) is 11.5. The second-order valence-electron chi connectivity index (χ2n) is 9.44. The first kappa shape index (κ1) is 24.3. The third-order valence-corrected chi connectivity index (χ3v) is 5.42. The molecule has 0 heterocycles. The van der Waals surface area contributed by atoms with E-state index in [0.717, 1.165) is 21.9 Å². The normalized spacial score (nSPS) is 12.3. The summed E-state index contributed by atoms with van der Waals surface area (Å²) < 4.78 is 5.98. The summed E-state index contributed by atoms with van der Waals surface area (Å²) in [6.07, 6.45) is 0.508. The predicted molar refractivity (Wildman–Crippen MR) is 133 cm³/mol. The zero-order valence-corrected chi connectivity index (χ0v) is 20.2. The van der Waals surface area contributed by atoms with Crippen LogP contribution in [-0.2, 0) is 16.1 Å². The molecule has 0 bridgehead atoms. The number of amides is 2. The molecule has 174 valence electrons. The number of benzene rings is 3. The van der Waals surface area contributed by atoms with Crippen LogP contribution in [0.3, 0.4) is 0 Å². The molecule has 1 atom stereocenters. The number of rotatable bonds is 8. The molecule has 3 aromatic carbocycles. The highest BCUT2D eigenvalue weighted by atomic mass is 16.5. The van der Waals surface area contributed by atoms with Gasteiger partial charge in [0.05, 0.1) is 0 Å². The van der Waals surface area contributed by atoms with Crippen LogP contribution in [0, 0.1) is 6.92 Å². The average molecular weight is 447 g/mol. The minimum atomic E-state index is -0.589. The second-order valence-corrected chi connectivity index (χ2v) is 9.44. The molecular formula is C28H34N2O3. The van der Waals surface area contributed by atoms with E-state index in [9.17, 15) is 9.59 Å². The summed E-state index contributed by atoms with van der Waals surface area (Å²) >= 11 is 0. The molecule has 0 radical (unpaired) electrons. The summed E-state index contributed by atoms with van der Waals surface area (Å²) in [5.41, 5.74) is 1.71. The second kappa shape index (κ2) is 10.5. The maximum Gasteiger partial charge on any atom is 0.261 e. The highest BCUT2D eigenvalue weighted by molar-refractivity contribution is 5.90. The van der Waals surface area contributed by atoms with E-state index < -0.39 is 6.04 Å². The van der Waals surface area contributed by atoms with E-state index in [1.807, 2.05) is 101 Å². The van der Waals surface area contributed by atoms with E-state index in [0.29, 0.717) is 18.7 Å². The molecule has 3 rings (SSSR count). The van der Waals surface area contributed by atoms with Gasteiger partial charge in [-0.3, -0.25) is 9.59 Å². The van der Waals surface area contributed by atoms with Crippen LogP contribution >= 0.6 is 0 Å². The van der Waals surface area contributed by atoms with Crippen molar-refractivity contribution in [3.8, 4) is 5.75 Å². The topological polar surface area (TPSA) is 58.6 Å². The van der Waals surface area contributed by atoms with Crippen LogP contribution in [0.5, 0.6) is 5.75 Å². The molecule has 3 aromatic rings. The van der Waals surface area contributed by atoms with Crippen molar-refractivity contribution in [2.24, 2.45) is 0 Å². The molecule has 1 unspecified atom stereocenters. The molecule has 0 aromatic heterocycles. The number of carbonyl (C=O) groups is 2. The van der Waals surface area contributed by atoms with Gasteiger partial charge in [-0.05, 0) is 51.1 Å². The molecule has 0 saturated carbocycles. The molecule has 0 aliphatic heterocycles. The quantitative estimate of drug-likeness (QED) is 0.514. The minimum Gasteiger partial charge on any atom is -0.483 e. The Kier molecular flexibility index (Phi) is 7.75. The van der Waals surface area contributed by atoms with Crippen molar-refractivity contribution in [3.63, 3.8) is 0 Å². The summed E-state index contributed by atoms with van der Waals surface area (Å²) in [6, 6.07) is 21.1. The number of hydrogen-bond acceptors (Lipinski definition) is 3. The van der Waals surface area contributed by atoms with Gasteiger partial charge in [0.15, 0.2) is 6.61 Å². The standard InChI is InChI=1S/C28H34N2O3/c1-6-24(27(32)29-28(3,4)5)30(18-21-12-9-11-20(2)17-21)26(31)19-33-25-16-10-14-22-13-7-8-15-23(22)25/h7-17,24H,6,18-19H2,1-5H3,(H,29,32). The van der Waals surface area contributed by atoms with E-state index in [1.165, 1.54) is 0 Å². The molecule has 2 amide bonds. The SMILES string of the molecule is CCC(C(=O)NC(C)(C)C)N(Cc1cccc(C)c1)C(=O)COc1cccc2ccccc12. The lowest BCUT2D eigenvalue weighted by Crippen LogP contribution is -2.54. The number of hydrogen-bond donors (Lipinski definition) is 1. The van der Waals surface area contributed by atoms with Gasteiger partial charge in [0.1, 0.15) is 11.8 Å². The molecule has 0 spiro atoms. The largest absolute Gasteiger partial charge is 0.483 e. The van der Waals surface area contributed by atoms with E-state index in [1.54, 1.807) is 4.90 Å². The number of nitrogens with one attached hydrogen (secondary N) is 1. The highest BCUT2D eigenvalue weighted by Crippen LogP contribution is 2.25. The Hall–Kier alpha value is -3.34. The summed E-state index contributed by atoms with van der Waals surface area (Å²) in [7, 11) is 0. The summed E-state index contributed by atoms with van der Waals surface area (Å²) in [5, 5.41) is 5.03. The van der Waals surface area contributed by atoms with Gasteiger partial charge < -0.3 is 15.0 Å². The average Bonchev–Trinajstić information content (AvgIpc) is 2.76. The number of carbonyl (C=O) groups excluding carboxylic acids is 2. The Morgan fingerprint density at radius 1 is 1.00 bits per heavy atom. The third-order valence-electron chi connectivity index (χ3n) is 5.42. The maximum atomic E-state index is 13.4. The van der Waals surface area contributed by atoms with Crippen molar-refractivity contribution >= 4 is 22.6 Å². The van der Waals surface area contributed by atoms with Crippen LogP contribution in [0.4, 0.5) is 0 Å². The zero-order chi connectivity index (χ0) is 24.0. The molecule has 0 saturated heterocycles. The zero-order valence-electron chi connectivity index (χ0n) is 20.2. The number of aryl methyl sites for hydroxylation is 1. The Bertz CT molecular complexity index is 1110. The van der Waals surface area contributed by atoms with Crippen LogP contribution < -0.4 is 10.1 Å². The predicted octanol–water partition coefficient (Wildman–Crippen LogP) is 5.25. The number of fused-ring (bicyclic) bond motifs is 1. The van der Waals surface area contributed by atoms with Crippen molar-refractivity contribution in [1.29, 1.82) is 0 Å². The van der Waals surface area contributed by atoms with Gasteiger partial charge >= 0.3 is 0 Å². The lowest BCUT2D eigenvalue weighted by Gasteiger charge is -2.33. The van der Waals surface area contributed by atoms with Gasteiger partial charge in [-0.1, -0.05) is 73.2 Å². The van der Waals surface area contributed by atoms with E-state index >= 15 is 0 Å². The molecule has 0 fully saturated rings. The van der Waals surface area contributed by atoms with Crippen molar-refractivity contribution in [3.05, 3.63) is 77.9 Å². The van der Waals surface area contributed by atoms with E-state index in [2.05, 4.69) is 5.32 Å². The first-order chi connectivity index (χ1) is 15.7. The maximum absolute atomic E-state index is 13.4. The van der Waals surface area contributed by atoms with Crippen LogP contribution in [0.15, 0.2) is 66.7 Å². The van der Waals surface area contributed by atoms with Crippen molar-refractivity contribution in [1.82, 2.24) is 10.2 Å². The minimum absolute atomic E-state index is 0.140. The summed E-state index contributed by atoms with van der Waals surface area (Å²) in [4.78, 5) is 28.2. The van der Waals surface area contributed by atoms with Gasteiger partial charge in [0, 0.05) is 17.5 Å². The molecule has 5 nitrogen and oxygen atoms in total. The first-order valence-corrected chi connectivity index (χ1v) is 11.5. The van der Waals surface area contributed by atoms with Gasteiger partial charge in [-0.2, -0.15) is 0 Å². The summed E-state index contributed by atoms with van der Waals surface area (Å²) in [6.45, 7) is 9.96. The fraction of sp³-hybridized carbons (Fsp3) is 0.357. The lowest BCUT2D eigenvalue weighted by molar-refractivity contribution is -0.143. The monoisotopic (exact) mass is 446 g/mol. The smallest absolute Gasteiger partial charge is 0.261 e. The van der Waals surface area contributed by atoms with Crippen LogP contribution in [0.1, 0.15) is 45.2 Å². The Labute approximate surface area is 196 Å². The Morgan fingerprint density at radius 2 is 1.70 bits per heavy atom. The fourth-order valence-electron chi connectivity index (χ4n) is 3.92. The Morgan fingerprint density at radius 3 is 2.39 bits per heavy atom. The van der Waals surface area contributed by atoms with Gasteiger partial charge in [0.2, 0.25) is 5.91 Å². The number of nitrogens with zero attached hydrogens (tertiary/aromatic N) is 1. The highest BCUT2D eigenvalue weighted by Gasteiger charge is 2.31. The van der Waals surface area contributed by atoms with Crippen molar-refractivity contribution < 1.29 is 14.3 Å². The third kappa shape index (κ3) is 6.58. The summed E-state index contributed by atoms with van der Waals surface area (Å²) in [5.74, 6) is 0.278. The van der Waals surface area contributed by atoms with Crippen molar-refractivity contribution in [2.75, 3.05) is 6.61 Å². The molecule has 33 heavy (non-hydrogen) atoms.